The summed E-state index contributed by atoms with van der Waals surface area (Å²) in [6.07, 6.45) is 0. The van der Waals surface area contributed by atoms with Crippen molar-refractivity contribution in [2.75, 3.05) is 10.2 Å². The molecule has 4 aromatic rings. The zero-order valence-corrected chi connectivity index (χ0v) is 25.6. The first-order valence-corrected chi connectivity index (χ1v) is 16.6. The van der Waals surface area contributed by atoms with E-state index in [1.165, 1.54) is 33.7 Å². The summed E-state index contributed by atoms with van der Waals surface area (Å²) in [5.41, 5.74) is 2.49. The van der Waals surface area contributed by atoms with Gasteiger partial charge < -0.3 is 5.32 Å². The minimum atomic E-state index is -3.90. The lowest BCUT2D eigenvalue weighted by Gasteiger charge is -2.30. The van der Waals surface area contributed by atoms with Crippen molar-refractivity contribution >= 4 is 73.8 Å². The number of amides is 3. The predicted octanol–water partition coefficient (Wildman–Crippen LogP) is 3.95. The van der Waals surface area contributed by atoms with Gasteiger partial charge in [0.05, 0.1) is 21.5 Å². The van der Waals surface area contributed by atoms with Crippen LogP contribution in [-0.4, -0.2) is 36.0 Å². The van der Waals surface area contributed by atoms with Crippen molar-refractivity contribution in [2.45, 2.75) is 34.6 Å². The predicted molar refractivity (Wildman–Crippen MR) is 165 cm³/mol. The standard InChI is InChI=1S/C29H23ClN4O6S3/c1-15-2-10-19(11-3-15)34-26(36)23-22(16-4-6-17(30)7-5-16)25-28(41-24(23)27(34)37)33(29(38)42-25)14-21(35)32-18-8-12-20(13-9-18)43(31,39)40/h2-13,22-24H,14H2,1H3,(H,32,35)(H2,31,39,40)/t22-,23+,24-/m0/s1. The van der Waals surface area contributed by atoms with E-state index in [1.54, 1.807) is 36.4 Å². The van der Waals surface area contributed by atoms with Gasteiger partial charge in [0.1, 0.15) is 11.8 Å². The van der Waals surface area contributed by atoms with Crippen molar-refractivity contribution < 1.29 is 22.8 Å². The molecule has 0 radical (unpaired) electrons. The third-order valence-electron chi connectivity index (χ3n) is 7.34. The molecule has 3 atom stereocenters. The molecule has 1 aromatic heterocycles. The molecule has 0 bridgehead atoms. The molecule has 0 aliphatic carbocycles. The largest absolute Gasteiger partial charge is 0.325 e. The van der Waals surface area contributed by atoms with E-state index in [9.17, 15) is 27.6 Å². The number of aryl methyl sites for hydroxylation is 1. The number of carbonyl (C=O) groups is 3. The van der Waals surface area contributed by atoms with Crippen molar-refractivity contribution in [1.82, 2.24) is 4.57 Å². The Morgan fingerprint density at radius 3 is 2.23 bits per heavy atom. The van der Waals surface area contributed by atoms with E-state index in [4.69, 9.17) is 16.7 Å². The van der Waals surface area contributed by atoms with Gasteiger partial charge in [-0.25, -0.2) is 18.5 Å². The van der Waals surface area contributed by atoms with Crippen LogP contribution in [0.15, 0.2) is 87.5 Å². The SMILES string of the molecule is Cc1ccc(N2C(=O)[C@@H]3[C@H](c4ccc(Cl)cc4)c4sc(=O)n(CC(=O)Nc5ccc(S(N)(=O)=O)cc5)c4S[C@@H]3C2=O)cc1. The number of hydrogen-bond donors (Lipinski definition) is 2. The Bertz CT molecular complexity index is 1940. The fraction of sp³-hybridized carbons (Fsp3) is 0.172. The Balaban J connectivity index is 1.36. The number of rotatable bonds is 6. The highest BCUT2D eigenvalue weighted by atomic mass is 35.5. The second-order valence-corrected chi connectivity index (χ2v) is 14.3. The van der Waals surface area contributed by atoms with Gasteiger partial charge in [-0.15, -0.1) is 0 Å². The molecule has 3 N–H and O–H groups in total. The van der Waals surface area contributed by atoms with Crippen LogP contribution < -0.4 is 20.2 Å². The number of benzene rings is 3. The number of nitrogens with two attached hydrogens (primary N) is 1. The number of primary sulfonamides is 1. The van der Waals surface area contributed by atoms with Gasteiger partial charge in [0.15, 0.2) is 0 Å². The number of thioether (sulfide) groups is 1. The van der Waals surface area contributed by atoms with E-state index in [1.807, 2.05) is 19.1 Å². The minimum absolute atomic E-state index is 0.108. The summed E-state index contributed by atoms with van der Waals surface area (Å²) in [4.78, 5) is 55.3. The van der Waals surface area contributed by atoms with Crippen LogP contribution in [0.25, 0.3) is 0 Å². The van der Waals surface area contributed by atoms with Crippen molar-refractivity contribution in [3.05, 3.63) is 103 Å². The lowest BCUT2D eigenvalue weighted by atomic mass is 9.83. The number of sulfonamides is 1. The number of carbonyl (C=O) groups excluding carboxylic acids is 3. The number of thiazole rings is 1. The third kappa shape index (κ3) is 5.43. The Hall–Kier alpha value is -3.75. The molecule has 43 heavy (non-hydrogen) atoms. The quantitative estimate of drug-likeness (QED) is 0.299. The van der Waals surface area contributed by atoms with Gasteiger partial charge in [0.2, 0.25) is 27.7 Å². The molecule has 1 saturated heterocycles. The molecule has 2 aliphatic heterocycles. The van der Waals surface area contributed by atoms with Gasteiger partial charge in [-0.1, -0.05) is 64.5 Å². The molecule has 10 nitrogen and oxygen atoms in total. The fourth-order valence-electron chi connectivity index (χ4n) is 5.30. The first-order valence-electron chi connectivity index (χ1n) is 12.9. The molecule has 0 unspecified atom stereocenters. The summed E-state index contributed by atoms with van der Waals surface area (Å²) < 4.78 is 24.4. The second-order valence-electron chi connectivity index (χ2n) is 10.2. The van der Waals surface area contributed by atoms with Gasteiger partial charge >= 0.3 is 4.87 Å². The number of imide groups is 1. The van der Waals surface area contributed by atoms with Crippen LogP contribution in [0, 0.1) is 12.8 Å². The average molecular weight is 655 g/mol. The summed E-state index contributed by atoms with van der Waals surface area (Å²) in [5.74, 6) is -2.67. The summed E-state index contributed by atoms with van der Waals surface area (Å²) in [7, 11) is -3.90. The molecule has 0 saturated carbocycles. The molecule has 0 spiro atoms. The number of nitrogens with one attached hydrogen (secondary N) is 1. The number of halogens is 1. The highest BCUT2D eigenvalue weighted by molar-refractivity contribution is 8.00. The van der Waals surface area contributed by atoms with Crippen LogP contribution in [0.2, 0.25) is 5.02 Å². The first kappa shape index (κ1) is 29.3. The van der Waals surface area contributed by atoms with Crippen molar-refractivity contribution in [3.63, 3.8) is 0 Å². The lowest BCUT2D eigenvalue weighted by molar-refractivity contribution is -0.122. The third-order valence-corrected chi connectivity index (χ3v) is 11.1. The number of anilines is 2. The zero-order chi connectivity index (χ0) is 30.6. The van der Waals surface area contributed by atoms with E-state index >= 15 is 0 Å². The molecule has 3 aromatic carbocycles. The van der Waals surface area contributed by atoms with Crippen LogP contribution in [0.1, 0.15) is 21.9 Å². The summed E-state index contributed by atoms with van der Waals surface area (Å²) in [5, 5.41) is 7.91. The Labute approximate surface area is 259 Å². The van der Waals surface area contributed by atoms with Crippen molar-refractivity contribution in [2.24, 2.45) is 11.1 Å². The number of fused-ring (bicyclic) bond motifs is 2. The van der Waals surface area contributed by atoms with E-state index < -0.39 is 43.8 Å². The van der Waals surface area contributed by atoms with Crippen LogP contribution >= 0.6 is 34.7 Å². The van der Waals surface area contributed by atoms with Gasteiger partial charge in [-0.2, -0.15) is 0 Å². The van der Waals surface area contributed by atoms with Crippen molar-refractivity contribution in [1.29, 1.82) is 0 Å². The van der Waals surface area contributed by atoms with E-state index in [-0.39, 0.29) is 17.3 Å². The summed E-state index contributed by atoms with van der Waals surface area (Å²) in [6.45, 7) is 1.56. The summed E-state index contributed by atoms with van der Waals surface area (Å²) >= 11 is 8.21. The van der Waals surface area contributed by atoms with Gasteiger partial charge in [0.25, 0.3) is 0 Å². The monoisotopic (exact) mass is 654 g/mol. The van der Waals surface area contributed by atoms with Gasteiger partial charge in [0, 0.05) is 21.5 Å². The molecule has 3 heterocycles. The first-order chi connectivity index (χ1) is 20.4. The molecule has 2 aliphatic rings. The minimum Gasteiger partial charge on any atom is -0.325 e. The Morgan fingerprint density at radius 1 is 0.953 bits per heavy atom. The molecule has 3 amide bonds. The molecular weight excluding hydrogens is 632 g/mol. The van der Waals surface area contributed by atoms with Crippen LogP contribution in [0.5, 0.6) is 0 Å². The number of aromatic nitrogens is 1. The highest BCUT2D eigenvalue weighted by Gasteiger charge is 2.56. The molecule has 220 valence electrons. The van der Waals surface area contributed by atoms with E-state index in [0.717, 1.165) is 34.2 Å². The van der Waals surface area contributed by atoms with Crippen LogP contribution in [0.4, 0.5) is 11.4 Å². The van der Waals surface area contributed by atoms with Crippen LogP contribution in [-0.2, 0) is 31.0 Å². The number of nitrogens with zero attached hydrogens (tertiary/aromatic N) is 2. The topological polar surface area (TPSA) is 149 Å². The molecule has 6 rings (SSSR count). The Kier molecular flexibility index (Phi) is 7.55. The average Bonchev–Trinajstić information content (AvgIpc) is 3.40. The number of hydrogen-bond acceptors (Lipinski definition) is 8. The maximum atomic E-state index is 13.9. The molecule has 14 heteroatoms. The van der Waals surface area contributed by atoms with Gasteiger partial charge in [-0.3, -0.25) is 23.7 Å². The van der Waals surface area contributed by atoms with Crippen LogP contribution in [0.3, 0.4) is 0 Å². The van der Waals surface area contributed by atoms with Gasteiger partial charge in [-0.05, 0) is 61.0 Å². The maximum Gasteiger partial charge on any atom is 0.308 e. The van der Waals surface area contributed by atoms with E-state index in [0.29, 0.717) is 26.3 Å². The Morgan fingerprint density at radius 2 is 1.60 bits per heavy atom. The highest BCUT2D eigenvalue weighted by Crippen LogP contribution is 2.54. The summed E-state index contributed by atoms with van der Waals surface area (Å²) in [6, 6.07) is 19.4. The second kappa shape index (κ2) is 11.1. The lowest BCUT2D eigenvalue weighted by Crippen LogP contribution is -2.33. The normalized spacial score (nSPS) is 19.7. The van der Waals surface area contributed by atoms with Crippen molar-refractivity contribution in [3.8, 4) is 0 Å². The smallest absolute Gasteiger partial charge is 0.308 e. The molecule has 1 fully saturated rings. The van der Waals surface area contributed by atoms with E-state index in [2.05, 4.69) is 5.32 Å². The zero-order valence-electron chi connectivity index (χ0n) is 22.4. The maximum absolute atomic E-state index is 13.9. The fourth-order valence-corrected chi connectivity index (χ4v) is 8.72. The molecular formula is C29H23ClN4O6S3.